The van der Waals surface area contributed by atoms with Gasteiger partial charge in [-0.05, 0) is 43.2 Å². The van der Waals surface area contributed by atoms with Gasteiger partial charge in [0.25, 0.3) is 0 Å². The number of hydrogen-bond donors (Lipinski definition) is 1. The van der Waals surface area contributed by atoms with Crippen LogP contribution in [0.3, 0.4) is 0 Å². The van der Waals surface area contributed by atoms with Crippen molar-refractivity contribution in [3.63, 3.8) is 0 Å². The minimum atomic E-state index is -3.73. The van der Waals surface area contributed by atoms with Crippen LogP contribution in [-0.2, 0) is 20.0 Å². The largest absolute Gasteiger partial charge is 0.244 e. The summed E-state index contributed by atoms with van der Waals surface area (Å²) in [6, 6.07) is 12.4. The highest BCUT2D eigenvalue weighted by molar-refractivity contribution is 9.10. The molecule has 6 nitrogen and oxygen atoms in total. The molecule has 0 amide bonds. The Kier molecular flexibility index (Phi) is 6.29. The van der Waals surface area contributed by atoms with Gasteiger partial charge in [-0.3, -0.25) is 0 Å². The highest BCUT2D eigenvalue weighted by Crippen LogP contribution is 2.29. The molecule has 0 aliphatic carbocycles. The number of rotatable bonds is 5. The van der Waals surface area contributed by atoms with Gasteiger partial charge in [0.05, 0.1) is 9.92 Å². The summed E-state index contributed by atoms with van der Waals surface area (Å²) in [7, 11) is -7.35. The minimum Gasteiger partial charge on any atom is -0.208 e. The second-order valence-electron chi connectivity index (χ2n) is 6.19. The summed E-state index contributed by atoms with van der Waals surface area (Å²) in [6.07, 6.45) is 0.777. The van der Waals surface area contributed by atoms with Crippen LogP contribution in [0.25, 0.3) is 0 Å². The van der Waals surface area contributed by atoms with E-state index in [0.717, 1.165) is 0 Å². The van der Waals surface area contributed by atoms with Gasteiger partial charge in [0.15, 0.2) is 0 Å². The van der Waals surface area contributed by atoms with E-state index in [1.54, 1.807) is 24.3 Å². The standard InChI is InChI=1S/C17H18BrClN2O4S2/c18-13-6-7-17(16(19)12-13)27(24,25)21-10-8-14(9-11-21)20-26(22,23)15-4-2-1-3-5-15/h1-7,12,14,20H,8-11H2. The van der Waals surface area contributed by atoms with Crippen molar-refractivity contribution in [1.82, 2.24) is 9.03 Å². The third kappa shape index (κ3) is 4.72. The van der Waals surface area contributed by atoms with Gasteiger partial charge in [-0.25, -0.2) is 21.6 Å². The number of sulfonamides is 2. The van der Waals surface area contributed by atoms with Crippen LogP contribution in [0.1, 0.15) is 12.8 Å². The molecule has 0 aromatic heterocycles. The number of halogens is 2. The second kappa shape index (κ2) is 8.18. The van der Waals surface area contributed by atoms with Gasteiger partial charge in [0.2, 0.25) is 20.0 Å². The maximum atomic E-state index is 12.8. The Bertz CT molecular complexity index is 1020. The monoisotopic (exact) mass is 492 g/mol. The fourth-order valence-electron chi connectivity index (χ4n) is 2.92. The van der Waals surface area contributed by atoms with Gasteiger partial charge in [0.1, 0.15) is 4.90 Å². The molecule has 1 fully saturated rings. The maximum Gasteiger partial charge on any atom is 0.244 e. The molecule has 2 aromatic carbocycles. The van der Waals surface area contributed by atoms with Crippen molar-refractivity contribution in [3.8, 4) is 0 Å². The Morgan fingerprint density at radius 1 is 1.00 bits per heavy atom. The Morgan fingerprint density at radius 2 is 1.63 bits per heavy atom. The highest BCUT2D eigenvalue weighted by Gasteiger charge is 2.32. The molecule has 0 unspecified atom stereocenters. The minimum absolute atomic E-state index is 0.0516. The lowest BCUT2D eigenvalue weighted by molar-refractivity contribution is 0.308. The van der Waals surface area contributed by atoms with E-state index in [1.807, 2.05) is 0 Å². The van der Waals surface area contributed by atoms with E-state index in [1.165, 1.54) is 28.6 Å². The summed E-state index contributed by atoms with van der Waals surface area (Å²) >= 11 is 9.35. The van der Waals surface area contributed by atoms with E-state index in [9.17, 15) is 16.8 Å². The average molecular weight is 494 g/mol. The molecule has 27 heavy (non-hydrogen) atoms. The van der Waals surface area contributed by atoms with Gasteiger partial charge in [-0.2, -0.15) is 4.31 Å². The zero-order valence-electron chi connectivity index (χ0n) is 14.2. The molecule has 1 saturated heterocycles. The van der Waals surface area contributed by atoms with Crippen LogP contribution in [0.4, 0.5) is 0 Å². The molecule has 0 atom stereocenters. The fourth-order valence-corrected chi connectivity index (χ4v) is 6.73. The van der Waals surface area contributed by atoms with Gasteiger partial charge in [0, 0.05) is 23.6 Å². The van der Waals surface area contributed by atoms with E-state index in [4.69, 9.17) is 11.6 Å². The third-order valence-corrected chi connectivity index (χ3v) is 8.75. The van der Waals surface area contributed by atoms with Gasteiger partial charge < -0.3 is 0 Å². The van der Waals surface area contributed by atoms with Crippen molar-refractivity contribution in [2.24, 2.45) is 0 Å². The molecule has 0 radical (unpaired) electrons. The quantitative estimate of drug-likeness (QED) is 0.693. The molecule has 2 aromatic rings. The van der Waals surface area contributed by atoms with Crippen molar-refractivity contribution in [2.75, 3.05) is 13.1 Å². The summed E-state index contributed by atoms with van der Waals surface area (Å²) in [4.78, 5) is 0.248. The van der Waals surface area contributed by atoms with E-state index in [2.05, 4.69) is 20.7 Å². The Morgan fingerprint density at radius 3 is 2.22 bits per heavy atom. The van der Waals surface area contributed by atoms with Gasteiger partial charge in [-0.1, -0.05) is 45.7 Å². The summed E-state index contributed by atoms with van der Waals surface area (Å²) in [5.74, 6) is 0. The predicted molar refractivity (Wildman–Crippen MR) is 108 cm³/mol. The van der Waals surface area contributed by atoms with Crippen molar-refractivity contribution < 1.29 is 16.8 Å². The van der Waals surface area contributed by atoms with Crippen molar-refractivity contribution in [3.05, 3.63) is 58.0 Å². The summed E-state index contributed by atoms with van der Waals surface area (Å²) < 4.78 is 55.2. The van der Waals surface area contributed by atoms with Gasteiger partial charge >= 0.3 is 0 Å². The van der Waals surface area contributed by atoms with Crippen LogP contribution in [0.15, 0.2) is 62.8 Å². The molecular formula is C17H18BrClN2O4S2. The van der Waals surface area contributed by atoms with Crippen molar-refractivity contribution >= 4 is 47.6 Å². The number of piperidine rings is 1. The normalized spacial score (nSPS) is 17.1. The highest BCUT2D eigenvalue weighted by atomic mass is 79.9. The summed E-state index contributed by atoms with van der Waals surface area (Å²) in [5, 5.41) is 0.149. The first-order valence-corrected chi connectivity index (χ1v) is 12.3. The third-order valence-electron chi connectivity index (χ3n) is 4.34. The molecule has 3 rings (SSSR count). The Hall–Kier alpha value is -0.970. The second-order valence-corrected chi connectivity index (χ2v) is 11.1. The van der Waals surface area contributed by atoms with E-state index < -0.39 is 20.0 Å². The molecule has 10 heteroatoms. The number of benzene rings is 2. The lowest BCUT2D eigenvalue weighted by Gasteiger charge is -2.31. The lowest BCUT2D eigenvalue weighted by atomic mass is 10.1. The molecule has 1 heterocycles. The number of nitrogens with zero attached hydrogens (tertiary/aromatic N) is 1. The Labute approximate surface area is 172 Å². The predicted octanol–water partition coefficient (Wildman–Crippen LogP) is 3.23. The summed E-state index contributed by atoms with van der Waals surface area (Å²) in [6.45, 7) is 0.438. The lowest BCUT2D eigenvalue weighted by Crippen LogP contribution is -2.46. The van der Waals surface area contributed by atoms with E-state index in [-0.39, 0.29) is 33.9 Å². The van der Waals surface area contributed by atoms with Crippen LogP contribution in [0.2, 0.25) is 5.02 Å². The molecule has 0 spiro atoms. The van der Waals surface area contributed by atoms with E-state index >= 15 is 0 Å². The fraction of sp³-hybridized carbons (Fsp3) is 0.294. The number of nitrogens with one attached hydrogen (secondary N) is 1. The summed E-state index contributed by atoms with van der Waals surface area (Å²) in [5.41, 5.74) is 0. The topological polar surface area (TPSA) is 83.6 Å². The number of hydrogen-bond acceptors (Lipinski definition) is 4. The molecule has 1 aliphatic heterocycles. The van der Waals surface area contributed by atoms with Crippen molar-refractivity contribution in [2.45, 2.75) is 28.7 Å². The first-order valence-electron chi connectivity index (χ1n) is 8.23. The van der Waals surface area contributed by atoms with E-state index in [0.29, 0.717) is 17.3 Å². The zero-order chi connectivity index (χ0) is 19.7. The molecule has 1 aliphatic rings. The van der Waals surface area contributed by atoms with Crippen LogP contribution in [0.5, 0.6) is 0 Å². The SMILES string of the molecule is O=S(=O)(NC1CCN(S(=O)(=O)c2ccc(Br)cc2Cl)CC1)c1ccccc1. The van der Waals surface area contributed by atoms with Crippen molar-refractivity contribution in [1.29, 1.82) is 0 Å². The Balaban J connectivity index is 1.68. The maximum absolute atomic E-state index is 12.8. The van der Waals surface area contributed by atoms with Crippen LogP contribution < -0.4 is 4.72 Å². The smallest absolute Gasteiger partial charge is 0.208 e. The molecule has 146 valence electrons. The van der Waals surface area contributed by atoms with Gasteiger partial charge in [-0.15, -0.1) is 0 Å². The first-order chi connectivity index (χ1) is 12.7. The zero-order valence-corrected chi connectivity index (χ0v) is 18.2. The molecular weight excluding hydrogens is 476 g/mol. The first kappa shape index (κ1) is 20.8. The average Bonchev–Trinajstić information content (AvgIpc) is 2.62. The molecule has 0 bridgehead atoms. The van der Waals surface area contributed by atoms with Crippen LogP contribution in [0, 0.1) is 0 Å². The molecule has 0 saturated carbocycles. The van der Waals surface area contributed by atoms with Crippen LogP contribution >= 0.6 is 27.5 Å². The molecule has 1 N–H and O–H groups in total. The van der Waals surface area contributed by atoms with Crippen LogP contribution in [-0.4, -0.2) is 40.3 Å².